The van der Waals surface area contributed by atoms with Crippen LogP contribution in [-0.2, 0) is 20.6 Å². The predicted octanol–water partition coefficient (Wildman–Crippen LogP) is 3.34. The van der Waals surface area contributed by atoms with Crippen molar-refractivity contribution in [1.29, 1.82) is 0 Å². The van der Waals surface area contributed by atoms with Gasteiger partial charge in [-0.2, -0.15) is 0 Å². The van der Waals surface area contributed by atoms with Crippen LogP contribution in [0.3, 0.4) is 0 Å². The summed E-state index contributed by atoms with van der Waals surface area (Å²) in [5.74, 6) is -0.512. The highest BCUT2D eigenvalue weighted by Gasteiger charge is 2.16. The molecule has 1 unspecified atom stereocenters. The smallest absolute Gasteiger partial charge is 0.340 e. The van der Waals surface area contributed by atoms with Crippen molar-refractivity contribution in [2.45, 2.75) is 52.2 Å². The summed E-state index contributed by atoms with van der Waals surface area (Å²) in [5.41, 5.74) is 1.48. The summed E-state index contributed by atoms with van der Waals surface area (Å²) in [7, 11) is 0. The number of hydrogen-bond donors (Lipinski definition) is 1. The second kappa shape index (κ2) is 12.9. The van der Waals surface area contributed by atoms with Gasteiger partial charge in [-0.1, -0.05) is 44.4 Å². The SMILES string of the molecule is CCCCCCc1ccccc1C(=O)OC(O)COCCOCC. The number of aryl methyl sites for hydroxylation is 1. The van der Waals surface area contributed by atoms with Gasteiger partial charge in [-0.25, -0.2) is 4.79 Å². The minimum Gasteiger partial charge on any atom is -0.430 e. The lowest BCUT2D eigenvalue weighted by Gasteiger charge is -2.14. The molecule has 1 N–H and O–H groups in total. The first-order valence-corrected chi connectivity index (χ1v) is 8.81. The fourth-order valence-corrected chi connectivity index (χ4v) is 2.35. The second-order valence-electron chi connectivity index (χ2n) is 5.60. The molecule has 0 spiro atoms. The molecule has 24 heavy (non-hydrogen) atoms. The van der Waals surface area contributed by atoms with Gasteiger partial charge in [0.15, 0.2) is 0 Å². The summed E-state index contributed by atoms with van der Waals surface area (Å²) < 4.78 is 15.4. The predicted molar refractivity (Wildman–Crippen MR) is 93.0 cm³/mol. The van der Waals surface area contributed by atoms with E-state index in [-0.39, 0.29) is 6.61 Å². The molecule has 5 nitrogen and oxygen atoms in total. The molecular weight excluding hydrogens is 308 g/mol. The number of rotatable bonds is 13. The van der Waals surface area contributed by atoms with Crippen molar-refractivity contribution in [3.63, 3.8) is 0 Å². The van der Waals surface area contributed by atoms with Crippen molar-refractivity contribution in [3.05, 3.63) is 35.4 Å². The first kappa shape index (κ1) is 20.6. The minimum atomic E-state index is -1.27. The Kier molecular flexibility index (Phi) is 11.1. The van der Waals surface area contributed by atoms with E-state index in [4.69, 9.17) is 14.2 Å². The Morgan fingerprint density at radius 1 is 1.08 bits per heavy atom. The number of ether oxygens (including phenoxy) is 3. The van der Waals surface area contributed by atoms with Crippen LogP contribution in [0.15, 0.2) is 24.3 Å². The largest absolute Gasteiger partial charge is 0.430 e. The third-order valence-corrected chi connectivity index (χ3v) is 3.62. The molecule has 0 heterocycles. The fraction of sp³-hybridized carbons (Fsp3) is 0.632. The standard InChI is InChI=1S/C19H30O5/c1-3-5-6-7-10-16-11-8-9-12-17(16)19(21)24-18(20)15-23-14-13-22-4-2/h8-9,11-12,18,20H,3-7,10,13-15H2,1-2H3. The minimum absolute atomic E-state index is 0.0581. The van der Waals surface area contributed by atoms with Crippen LogP contribution in [0.25, 0.3) is 0 Å². The first-order valence-electron chi connectivity index (χ1n) is 8.81. The van der Waals surface area contributed by atoms with Gasteiger partial charge in [-0.15, -0.1) is 0 Å². The zero-order valence-electron chi connectivity index (χ0n) is 14.8. The van der Waals surface area contributed by atoms with Crippen LogP contribution in [0.1, 0.15) is 55.5 Å². The molecule has 0 radical (unpaired) electrons. The van der Waals surface area contributed by atoms with Crippen molar-refractivity contribution in [1.82, 2.24) is 0 Å². The molecule has 5 heteroatoms. The van der Waals surface area contributed by atoms with Gasteiger partial charge in [0.1, 0.15) is 6.61 Å². The van der Waals surface area contributed by atoms with Crippen LogP contribution in [0.5, 0.6) is 0 Å². The molecule has 0 saturated heterocycles. The van der Waals surface area contributed by atoms with Crippen LogP contribution in [0.4, 0.5) is 0 Å². The van der Waals surface area contributed by atoms with Crippen molar-refractivity contribution < 1.29 is 24.1 Å². The summed E-state index contributed by atoms with van der Waals surface area (Å²) in [6.07, 6.45) is 4.14. The van der Waals surface area contributed by atoms with Gasteiger partial charge in [0.05, 0.1) is 18.8 Å². The maximum absolute atomic E-state index is 12.2. The molecule has 1 rings (SSSR count). The van der Waals surface area contributed by atoms with Gasteiger partial charge in [0.2, 0.25) is 6.29 Å². The highest BCUT2D eigenvalue weighted by Crippen LogP contribution is 2.15. The number of aliphatic hydroxyl groups excluding tert-OH is 1. The van der Waals surface area contributed by atoms with Crippen LogP contribution < -0.4 is 0 Å². The molecule has 0 fully saturated rings. The molecule has 1 aromatic rings. The van der Waals surface area contributed by atoms with E-state index in [1.54, 1.807) is 12.1 Å². The van der Waals surface area contributed by atoms with E-state index in [2.05, 4.69) is 6.92 Å². The number of carbonyl (C=O) groups is 1. The lowest BCUT2D eigenvalue weighted by atomic mass is 10.0. The molecule has 0 aliphatic carbocycles. The summed E-state index contributed by atoms with van der Waals surface area (Å²) in [4.78, 5) is 12.2. The Morgan fingerprint density at radius 3 is 2.58 bits per heavy atom. The van der Waals surface area contributed by atoms with Gasteiger partial charge in [-0.3, -0.25) is 0 Å². The van der Waals surface area contributed by atoms with Crippen LogP contribution in [-0.4, -0.2) is 43.8 Å². The Bertz CT molecular complexity index is 461. The first-order chi connectivity index (χ1) is 11.7. The maximum Gasteiger partial charge on any atom is 0.340 e. The van der Waals surface area contributed by atoms with Crippen LogP contribution in [0.2, 0.25) is 0 Å². The summed E-state index contributed by atoms with van der Waals surface area (Å²) in [6, 6.07) is 7.39. The molecule has 0 saturated carbocycles. The monoisotopic (exact) mass is 338 g/mol. The van der Waals surface area contributed by atoms with Gasteiger partial charge in [-0.05, 0) is 31.4 Å². The number of aliphatic hydroxyl groups is 1. The number of esters is 1. The van der Waals surface area contributed by atoms with E-state index in [9.17, 15) is 9.90 Å². The molecule has 0 bridgehead atoms. The number of hydrogen-bond acceptors (Lipinski definition) is 5. The summed E-state index contributed by atoms with van der Waals surface area (Å²) in [5, 5.41) is 9.77. The Balaban J connectivity index is 2.43. The Labute approximate surface area is 144 Å². The molecule has 0 amide bonds. The van der Waals surface area contributed by atoms with Crippen molar-refractivity contribution in [3.8, 4) is 0 Å². The average molecular weight is 338 g/mol. The quantitative estimate of drug-likeness (QED) is 0.339. The van der Waals surface area contributed by atoms with Crippen LogP contribution in [0, 0.1) is 0 Å². The number of benzene rings is 1. The molecule has 136 valence electrons. The van der Waals surface area contributed by atoms with E-state index >= 15 is 0 Å². The summed E-state index contributed by atoms with van der Waals surface area (Å²) in [6.45, 7) is 5.45. The molecule has 0 aliphatic rings. The van der Waals surface area contributed by atoms with Gasteiger partial charge in [0.25, 0.3) is 0 Å². The highest BCUT2D eigenvalue weighted by molar-refractivity contribution is 5.91. The molecule has 0 aliphatic heterocycles. The van der Waals surface area contributed by atoms with E-state index < -0.39 is 12.3 Å². The number of unbranched alkanes of at least 4 members (excludes halogenated alkanes) is 3. The highest BCUT2D eigenvalue weighted by atomic mass is 16.7. The lowest BCUT2D eigenvalue weighted by molar-refractivity contribution is -0.110. The molecule has 1 atom stereocenters. The second-order valence-corrected chi connectivity index (χ2v) is 5.60. The third-order valence-electron chi connectivity index (χ3n) is 3.62. The Morgan fingerprint density at radius 2 is 1.83 bits per heavy atom. The topological polar surface area (TPSA) is 65.0 Å². The lowest BCUT2D eigenvalue weighted by Crippen LogP contribution is -2.24. The normalized spacial score (nSPS) is 12.1. The van der Waals surface area contributed by atoms with Gasteiger partial charge >= 0.3 is 5.97 Å². The van der Waals surface area contributed by atoms with Crippen molar-refractivity contribution in [2.24, 2.45) is 0 Å². The maximum atomic E-state index is 12.2. The van der Waals surface area contributed by atoms with E-state index in [1.807, 2.05) is 19.1 Å². The summed E-state index contributed by atoms with van der Waals surface area (Å²) >= 11 is 0. The van der Waals surface area contributed by atoms with E-state index in [0.717, 1.165) is 24.8 Å². The van der Waals surface area contributed by atoms with Gasteiger partial charge in [0, 0.05) is 6.61 Å². The zero-order chi connectivity index (χ0) is 17.6. The van der Waals surface area contributed by atoms with E-state index in [1.165, 1.54) is 12.8 Å². The van der Waals surface area contributed by atoms with Crippen molar-refractivity contribution >= 4 is 5.97 Å². The van der Waals surface area contributed by atoms with Gasteiger partial charge < -0.3 is 19.3 Å². The van der Waals surface area contributed by atoms with E-state index in [0.29, 0.717) is 25.4 Å². The Hall–Kier alpha value is -1.43. The van der Waals surface area contributed by atoms with Crippen molar-refractivity contribution in [2.75, 3.05) is 26.4 Å². The third kappa shape index (κ3) is 8.43. The van der Waals surface area contributed by atoms with Crippen LogP contribution >= 0.6 is 0 Å². The fourth-order valence-electron chi connectivity index (χ4n) is 2.35. The zero-order valence-corrected chi connectivity index (χ0v) is 14.8. The average Bonchev–Trinajstić information content (AvgIpc) is 2.59. The molecule has 1 aromatic carbocycles. The number of carbonyl (C=O) groups excluding carboxylic acids is 1. The molecule has 0 aromatic heterocycles. The molecular formula is C19H30O5.